The molecule has 0 fully saturated rings. The van der Waals surface area contributed by atoms with Gasteiger partial charge in [0, 0.05) is 19.9 Å². The number of ether oxygens (including phenoxy) is 1. The molecule has 0 rings (SSSR count). The van der Waals surface area contributed by atoms with Crippen molar-refractivity contribution in [2.24, 2.45) is 0 Å². The highest BCUT2D eigenvalue weighted by Crippen LogP contribution is 2.12. The summed E-state index contributed by atoms with van der Waals surface area (Å²) >= 11 is 0. The van der Waals surface area contributed by atoms with Gasteiger partial charge < -0.3 is 9.64 Å². The molecule has 29 heavy (non-hydrogen) atoms. The van der Waals surface area contributed by atoms with Gasteiger partial charge in [-0.1, -0.05) is 104 Å². The minimum Gasteiger partial charge on any atom is -0.464 e. The van der Waals surface area contributed by atoms with Crippen LogP contribution in [-0.4, -0.2) is 37.0 Å². The maximum absolute atomic E-state index is 12.0. The van der Waals surface area contributed by atoms with Crippen LogP contribution in [0.2, 0.25) is 0 Å². The molecule has 0 heterocycles. The summed E-state index contributed by atoms with van der Waals surface area (Å²) in [5, 5.41) is 0. The third-order valence-corrected chi connectivity index (χ3v) is 5.59. The second-order valence-corrected chi connectivity index (χ2v) is 8.49. The Hall–Kier alpha value is -1.06. The van der Waals surface area contributed by atoms with Crippen LogP contribution in [0.5, 0.6) is 0 Å². The van der Waals surface area contributed by atoms with E-state index in [2.05, 4.69) is 13.8 Å². The van der Waals surface area contributed by atoms with Crippen LogP contribution in [0.15, 0.2) is 0 Å². The highest BCUT2D eigenvalue weighted by atomic mass is 16.5. The predicted molar refractivity (Wildman–Crippen MR) is 123 cm³/mol. The van der Waals surface area contributed by atoms with Gasteiger partial charge in [0.15, 0.2) is 0 Å². The number of rotatable bonds is 21. The van der Waals surface area contributed by atoms with Crippen LogP contribution in [0.1, 0.15) is 129 Å². The van der Waals surface area contributed by atoms with Crippen molar-refractivity contribution in [1.29, 1.82) is 0 Å². The molecule has 0 atom stereocenters. The molecule has 0 spiro atoms. The summed E-state index contributed by atoms with van der Waals surface area (Å²) in [6.45, 7) is 5.26. The molecule has 0 unspecified atom stereocenters. The number of carbonyl (C=O) groups is 2. The standard InChI is InChI=1S/C25H49NO3/c1-4-6-8-10-11-12-13-14-15-17-19-21-25(28)29-23-22-26(3)24(27)20-18-16-9-7-5-2/h4-23H2,1-3H3. The fourth-order valence-electron chi connectivity index (χ4n) is 3.50. The van der Waals surface area contributed by atoms with Gasteiger partial charge in [0.1, 0.15) is 6.61 Å². The van der Waals surface area contributed by atoms with E-state index in [0.29, 0.717) is 26.0 Å². The molecule has 0 saturated heterocycles. The minimum atomic E-state index is -0.124. The summed E-state index contributed by atoms with van der Waals surface area (Å²) in [6.07, 6.45) is 21.0. The molecule has 0 aromatic heterocycles. The third-order valence-electron chi connectivity index (χ3n) is 5.59. The fraction of sp³-hybridized carbons (Fsp3) is 0.920. The number of likely N-dealkylation sites (N-methyl/N-ethyl adjacent to an activating group) is 1. The lowest BCUT2D eigenvalue weighted by atomic mass is 10.1. The molecule has 0 aliphatic rings. The van der Waals surface area contributed by atoms with Crippen molar-refractivity contribution in [3.63, 3.8) is 0 Å². The van der Waals surface area contributed by atoms with E-state index in [1.807, 2.05) is 0 Å². The van der Waals surface area contributed by atoms with E-state index in [-0.39, 0.29) is 11.9 Å². The Morgan fingerprint density at radius 2 is 1.03 bits per heavy atom. The molecule has 1 amide bonds. The van der Waals surface area contributed by atoms with Crippen LogP contribution in [-0.2, 0) is 14.3 Å². The molecule has 0 saturated carbocycles. The van der Waals surface area contributed by atoms with Crippen molar-refractivity contribution in [2.75, 3.05) is 20.2 Å². The third kappa shape index (κ3) is 20.0. The summed E-state index contributed by atoms with van der Waals surface area (Å²) in [6, 6.07) is 0. The molecule has 172 valence electrons. The number of hydrogen-bond donors (Lipinski definition) is 0. The highest BCUT2D eigenvalue weighted by Gasteiger charge is 2.09. The Morgan fingerprint density at radius 1 is 0.621 bits per heavy atom. The maximum Gasteiger partial charge on any atom is 0.305 e. The number of unbranched alkanes of at least 4 members (excludes halogenated alkanes) is 14. The summed E-state index contributed by atoms with van der Waals surface area (Å²) in [4.78, 5) is 25.5. The molecule has 0 aromatic rings. The van der Waals surface area contributed by atoms with Gasteiger partial charge in [0.2, 0.25) is 5.91 Å². The van der Waals surface area contributed by atoms with Gasteiger partial charge in [0.05, 0.1) is 6.54 Å². The van der Waals surface area contributed by atoms with Crippen molar-refractivity contribution < 1.29 is 14.3 Å². The van der Waals surface area contributed by atoms with Crippen LogP contribution in [0.3, 0.4) is 0 Å². The summed E-state index contributed by atoms with van der Waals surface area (Å²) < 4.78 is 5.28. The summed E-state index contributed by atoms with van der Waals surface area (Å²) in [5.41, 5.74) is 0. The van der Waals surface area contributed by atoms with E-state index in [1.165, 1.54) is 77.0 Å². The largest absolute Gasteiger partial charge is 0.464 e. The van der Waals surface area contributed by atoms with E-state index < -0.39 is 0 Å². The molecule has 4 nitrogen and oxygen atoms in total. The quantitative estimate of drug-likeness (QED) is 0.150. The Kier molecular flexibility index (Phi) is 20.9. The molecular weight excluding hydrogens is 362 g/mol. The van der Waals surface area contributed by atoms with Crippen LogP contribution < -0.4 is 0 Å². The number of amides is 1. The van der Waals surface area contributed by atoms with Gasteiger partial charge in [-0.15, -0.1) is 0 Å². The van der Waals surface area contributed by atoms with E-state index in [9.17, 15) is 9.59 Å². The predicted octanol–water partition coefficient (Wildman–Crippen LogP) is 7.05. The number of carbonyl (C=O) groups excluding carboxylic acids is 2. The SMILES string of the molecule is CCCCCCCCCCCCCC(=O)OCCN(C)C(=O)CCCCCCC. The first-order valence-corrected chi connectivity index (χ1v) is 12.5. The molecule has 0 aliphatic carbocycles. The molecule has 4 heteroatoms. The first kappa shape index (κ1) is 27.9. The second kappa shape index (κ2) is 21.6. The van der Waals surface area contributed by atoms with Crippen molar-refractivity contribution in [1.82, 2.24) is 4.90 Å². The van der Waals surface area contributed by atoms with Crippen LogP contribution in [0.4, 0.5) is 0 Å². The van der Waals surface area contributed by atoms with Gasteiger partial charge in [-0.2, -0.15) is 0 Å². The van der Waals surface area contributed by atoms with Crippen molar-refractivity contribution >= 4 is 11.9 Å². The van der Waals surface area contributed by atoms with Crippen LogP contribution >= 0.6 is 0 Å². The molecule has 0 aliphatic heterocycles. The Balaban J connectivity index is 3.43. The number of esters is 1. The summed E-state index contributed by atoms with van der Waals surface area (Å²) in [7, 11) is 1.80. The van der Waals surface area contributed by atoms with Crippen molar-refractivity contribution in [3.05, 3.63) is 0 Å². The summed E-state index contributed by atoms with van der Waals surface area (Å²) in [5.74, 6) is 0.0317. The number of nitrogens with zero attached hydrogens (tertiary/aromatic N) is 1. The fourth-order valence-corrected chi connectivity index (χ4v) is 3.50. The number of hydrogen-bond acceptors (Lipinski definition) is 3. The van der Waals surface area contributed by atoms with E-state index in [4.69, 9.17) is 4.74 Å². The topological polar surface area (TPSA) is 46.6 Å². The zero-order valence-electron chi connectivity index (χ0n) is 19.8. The lowest BCUT2D eigenvalue weighted by Crippen LogP contribution is -2.30. The zero-order valence-corrected chi connectivity index (χ0v) is 19.8. The normalized spacial score (nSPS) is 10.9. The molecule has 0 N–H and O–H groups in total. The zero-order chi connectivity index (χ0) is 21.6. The van der Waals surface area contributed by atoms with Gasteiger partial charge in [0.25, 0.3) is 0 Å². The average molecular weight is 412 g/mol. The van der Waals surface area contributed by atoms with E-state index in [1.54, 1.807) is 11.9 Å². The van der Waals surface area contributed by atoms with Gasteiger partial charge in [-0.05, 0) is 12.8 Å². The minimum absolute atomic E-state index is 0.124. The average Bonchev–Trinajstić information content (AvgIpc) is 2.71. The lowest BCUT2D eigenvalue weighted by molar-refractivity contribution is -0.145. The van der Waals surface area contributed by atoms with Gasteiger partial charge in [-0.25, -0.2) is 0 Å². The van der Waals surface area contributed by atoms with Gasteiger partial charge in [-0.3, -0.25) is 9.59 Å². The first-order chi connectivity index (χ1) is 14.1. The Bertz CT molecular complexity index is 384. The maximum atomic E-state index is 12.0. The van der Waals surface area contributed by atoms with Crippen LogP contribution in [0, 0.1) is 0 Å². The molecular formula is C25H49NO3. The van der Waals surface area contributed by atoms with Gasteiger partial charge >= 0.3 is 5.97 Å². The Morgan fingerprint density at radius 3 is 1.52 bits per heavy atom. The lowest BCUT2D eigenvalue weighted by Gasteiger charge is -2.17. The smallest absolute Gasteiger partial charge is 0.305 e. The molecule has 0 bridgehead atoms. The second-order valence-electron chi connectivity index (χ2n) is 8.49. The van der Waals surface area contributed by atoms with E-state index in [0.717, 1.165) is 25.7 Å². The van der Waals surface area contributed by atoms with Crippen molar-refractivity contribution in [2.45, 2.75) is 129 Å². The van der Waals surface area contributed by atoms with Crippen LogP contribution in [0.25, 0.3) is 0 Å². The van der Waals surface area contributed by atoms with E-state index >= 15 is 0 Å². The molecule has 0 aromatic carbocycles. The first-order valence-electron chi connectivity index (χ1n) is 12.5. The monoisotopic (exact) mass is 411 g/mol. The molecule has 0 radical (unpaired) electrons. The Labute approximate surface area is 181 Å². The highest BCUT2D eigenvalue weighted by molar-refractivity contribution is 5.75. The van der Waals surface area contributed by atoms with Crippen molar-refractivity contribution in [3.8, 4) is 0 Å².